The molecule has 0 radical (unpaired) electrons. The summed E-state index contributed by atoms with van der Waals surface area (Å²) in [6.45, 7) is 10.2. The maximum atomic E-state index is 12.6. The second kappa shape index (κ2) is 8.70. The Morgan fingerprint density at radius 1 is 1.08 bits per heavy atom. The zero-order valence-electron chi connectivity index (χ0n) is 15.9. The van der Waals surface area contributed by atoms with Crippen molar-refractivity contribution in [2.75, 3.05) is 0 Å². The Hall–Kier alpha value is -2.29. The lowest BCUT2D eigenvalue weighted by atomic mass is 10.0. The van der Waals surface area contributed by atoms with Crippen molar-refractivity contribution >= 4 is 5.91 Å². The first kappa shape index (κ1) is 19.0. The van der Waals surface area contributed by atoms with Gasteiger partial charge in [0.1, 0.15) is 5.75 Å². The summed E-state index contributed by atoms with van der Waals surface area (Å²) in [5.74, 6) is 0.696. The van der Waals surface area contributed by atoms with Crippen LogP contribution in [0.5, 0.6) is 5.75 Å². The van der Waals surface area contributed by atoms with Crippen molar-refractivity contribution in [2.24, 2.45) is 0 Å². The summed E-state index contributed by atoms with van der Waals surface area (Å²) in [6.07, 6.45) is 1.15. The van der Waals surface area contributed by atoms with E-state index in [1.807, 2.05) is 39.8 Å². The van der Waals surface area contributed by atoms with E-state index in [-0.39, 0.29) is 11.9 Å². The summed E-state index contributed by atoms with van der Waals surface area (Å²) < 4.78 is 5.97. The minimum absolute atomic E-state index is 0.0461. The number of hydrogen-bond acceptors (Lipinski definition) is 2. The van der Waals surface area contributed by atoms with Crippen LogP contribution in [0.25, 0.3) is 0 Å². The first-order valence-electron chi connectivity index (χ1n) is 9.07. The predicted molar refractivity (Wildman–Crippen MR) is 103 cm³/mol. The lowest BCUT2D eigenvalue weighted by Crippen LogP contribution is -2.39. The van der Waals surface area contributed by atoms with Gasteiger partial charge < -0.3 is 10.1 Å². The molecule has 0 aromatic heterocycles. The van der Waals surface area contributed by atoms with Gasteiger partial charge in [-0.1, -0.05) is 55.8 Å². The topological polar surface area (TPSA) is 38.3 Å². The predicted octanol–water partition coefficient (Wildman–Crippen LogP) is 4.90. The average molecular weight is 339 g/mol. The molecular weight excluding hydrogens is 310 g/mol. The molecule has 3 heteroatoms. The van der Waals surface area contributed by atoms with Gasteiger partial charge in [0.15, 0.2) is 6.10 Å². The van der Waals surface area contributed by atoms with Gasteiger partial charge in [-0.15, -0.1) is 0 Å². The summed E-state index contributed by atoms with van der Waals surface area (Å²) in [7, 11) is 0. The van der Waals surface area contributed by atoms with E-state index in [2.05, 4.69) is 42.6 Å². The summed E-state index contributed by atoms with van der Waals surface area (Å²) in [6, 6.07) is 14.3. The van der Waals surface area contributed by atoms with Crippen LogP contribution in [-0.4, -0.2) is 12.0 Å². The van der Waals surface area contributed by atoms with Crippen LogP contribution in [-0.2, 0) is 11.2 Å². The van der Waals surface area contributed by atoms with E-state index in [1.165, 1.54) is 11.1 Å². The number of carbonyl (C=O) groups is 1. The van der Waals surface area contributed by atoms with Crippen LogP contribution in [0.2, 0.25) is 0 Å². The SMILES string of the molecule is CCc1ccc([C@@H](C)NC(=O)[C@@H](CC)Oc2ccc(C)cc2C)cc1. The fourth-order valence-corrected chi connectivity index (χ4v) is 2.84. The Balaban J connectivity index is 2.03. The number of hydrogen-bond donors (Lipinski definition) is 1. The number of rotatable bonds is 7. The molecular formula is C22H29NO2. The summed E-state index contributed by atoms with van der Waals surface area (Å²) >= 11 is 0. The zero-order chi connectivity index (χ0) is 18.4. The van der Waals surface area contributed by atoms with Crippen molar-refractivity contribution in [1.29, 1.82) is 0 Å². The zero-order valence-corrected chi connectivity index (χ0v) is 15.9. The molecule has 2 rings (SSSR count). The van der Waals surface area contributed by atoms with Crippen LogP contribution >= 0.6 is 0 Å². The summed E-state index contributed by atoms with van der Waals surface area (Å²) in [5.41, 5.74) is 4.64. The Morgan fingerprint density at radius 3 is 2.32 bits per heavy atom. The van der Waals surface area contributed by atoms with Gasteiger partial charge in [0.2, 0.25) is 0 Å². The quantitative estimate of drug-likeness (QED) is 0.779. The molecule has 0 fully saturated rings. The van der Waals surface area contributed by atoms with Crippen LogP contribution < -0.4 is 10.1 Å². The van der Waals surface area contributed by atoms with Crippen LogP contribution in [0.3, 0.4) is 0 Å². The van der Waals surface area contributed by atoms with E-state index in [9.17, 15) is 4.79 Å². The number of amides is 1. The van der Waals surface area contributed by atoms with Crippen molar-refractivity contribution < 1.29 is 9.53 Å². The molecule has 0 bridgehead atoms. The van der Waals surface area contributed by atoms with Crippen LogP contribution in [0.4, 0.5) is 0 Å². The van der Waals surface area contributed by atoms with Crippen LogP contribution in [0.1, 0.15) is 55.5 Å². The monoisotopic (exact) mass is 339 g/mol. The Labute approximate surface area is 151 Å². The lowest BCUT2D eigenvalue weighted by Gasteiger charge is -2.22. The minimum atomic E-state index is -0.487. The van der Waals surface area contributed by atoms with Crippen molar-refractivity contribution in [3.8, 4) is 5.75 Å². The fourth-order valence-electron chi connectivity index (χ4n) is 2.84. The first-order chi connectivity index (χ1) is 11.9. The molecule has 2 aromatic rings. The fraction of sp³-hybridized carbons (Fsp3) is 0.409. The van der Waals surface area contributed by atoms with Crippen molar-refractivity contribution in [1.82, 2.24) is 5.32 Å². The largest absolute Gasteiger partial charge is 0.480 e. The van der Waals surface area contributed by atoms with Gasteiger partial charge in [-0.05, 0) is 56.4 Å². The van der Waals surface area contributed by atoms with Crippen LogP contribution in [0, 0.1) is 13.8 Å². The molecule has 0 aliphatic carbocycles. The molecule has 2 atom stereocenters. The molecule has 25 heavy (non-hydrogen) atoms. The normalized spacial score (nSPS) is 13.2. The third-order valence-electron chi connectivity index (χ3n) is 4.51. The van der Waals surface area contributed by atoms with Gasteiger partial charge in [-0.2, -0.15) is 0 Å². The minimum Gasteiger partial charge on any atom is -0.480 e. The molecule has 0 saturated carbocycles. The van der Waals surface area contributed by atoms with Gasteiger partial charge in [-0.3, -0.25) is 4.79 Å². The third-order valence-corrected chi connectivity index (χ3v) is 4.51. The van der Waals surface area contributed by atoms with Gasteiger partial charge in [0.05, 0.1) is 6.04 Å². The molecule has 3 nitrogen and oxygen atoms in total. The molecule has 1 N–H and O–H groups in total. The Bertz CT molecular complexity index is 706. The highest BCUT2D eigenvalue weighted by Crippen LogP contribution is 2.21. The maximum Gasteiger partial charge on any atom is 0.261 e. The van der Waals surface area contributed by atoms with E-state index >= 15 is 0 Å². The second-order valence-corrected chi connectivity index (χ2v) is 6.61. The molecule has 1 amide bonds. The van der Waals surface area contributed by atoms with Gasteiger partial charge in [0.25, 0.3) is 5.91 Å². The number of ether oxygens (including phenoxy) is 1. The smallest absolute Gasteiger partial charge is 0.261 e. The van der Waals surface area contributed by atoms with Gasteiger partial charge in [0, 0.05) is 0 Å². The number of aryl methyl sites for hydroxylation is 3. The highest BCUT2D eigenvalue weighted by atomic mass is 16.5. The number of nitrogens with one attached hydrogen (secondary N) is 1. The van der Waals surface area contributed by atoms with E-state index < -0.39 is 6.10 Å². The second-order valence-electron chi connectivity index (χ2n) is 6.61. The standard InChI is InChI=1S/C22H29NO2/c1-6-18-9-11-19(12-10-18)17(5)23-22(24)20(7-2)25-21-13-8-15(3)14-16(21)4/h8-14,17,20H,6-7H2,1-5H3,(H,23,24)/t17-,20-/m1/s1. The van der Waals surface area contributed by atoms with Crippen LogP contribution in [0.15, 0.2) is 42.5 Å². The highest BCUT2D eigenvalue weighted by Gasteiger charge is 2.21. The Morgan fingerprint density at radius 2 is 1.76 bits per heavy atom. The van der Waals surface area contributed by atoms with Gasteiger partial charge >= 0.3 is 0 Å². The summed E-state index contributed by atoms with van der Waals surface area (Å²) in [5, 5.41) is 3.07. The average Bonchev–Trinajstić information content (AvgIpc) is 2.61. The van der Waals surface area contributed by atoms with Crippen molar-refractivity contribution in [3.05, 3.63) is 64.7 Å². The molecule has 0 saturated heterocycles. The molecule has 2 aromatic carbocycles. The van der Waals surface area contributed by atoms with E-state index in [4.69, 9.17) is 4.74 Å². The van der Waals surface area contributed by atoms with E-state index in [0.29, 0.717) is 6.42 Å². The first-order valence-corrected chi connectivity index (χ1v) is 9.07. The number of carbonyl (C=O) groups excluding carboxylic acids is 1. The highest BCUT2D eigenvalue weighted by molar-refractivity contribution is 5.81. The van der Waals surface area contributed by atoms with E-state index in [1.54, 1.807) is 0 Å². The molecule has 0 spiro atoms. The summed E-state index contributed by atoms with van der Waals surface area (Å²) in [4.78, 5) is 12.6. The third kappa shape index (κ3) is 5.09. The molecule has 0 heterocycles. The molecule has 134 valence electrons. The van der Waals surface area contributed by atoms with Crippen molar-refractivity contribution in [3.63, 3.8) is 0 Å². The molecule has 0 unspecified atom stereocenters. The van der Waals surface area contributed by atoms with Crippen molar-refractivity contribution in [2.45, 2.75) is 59.6 Å². The number of benzene rings is 2. The molecule has 0 aliphatic rings. The van der Waals surface area contributed by atoms with Gasteiger partial charge in [-0.25, -0.2) is 0 Å². The van der Waals surface area contributed by atoms with E-state index in [0.717, 1.165) is 23.3 Å². The molecule has 0 aliphatic heterocycles. The Kier molecular flexibility index (Phi) is 6.63. The maximum absolute atomic E-state index is 12.6. The lowest BCUT2D eigenvalue weighted by molar-refractivity contribution is -0.128.